The van der Waals surface area contributed by atoms with Crippen LogP contribution in [-0.2, 0) is 13.5 Å². The van der Waals surface area contributed by atoms with Gasteiger partial charge in [0.05, 0.1) is 7.11 Å². The molecule has 0 bridgehead atoms. The van der Waals surface area contributed by atoms with E-state index in [0.29, 0.717) is 12.1 Å². The first-order chi connectivity index (χ1) is 8.70. The summed E-state index contributed by atoms with van der Waals surface area (Å²) >= 11 is 0. The number of carbonyl (C=O) groups excluding carboxylic acids is 1. The second kappa shape index (κ2) is 5.49. The van der Waals surface area contributed by atoms with Crippen LogP contribution in [0.1, 0.15) is 22.5 Å². The van der Waals surface area contributed by atoms with Crippen LogP contribution in [0.3, 0.4) is 0 Å². The molecule has 0 aliphatic heterocycles. The predicted molar refractivity (Wildman–Crippen MR) is 68.9 cm³/mol. The lowest BCUT2D eigenvalue weighted by molar-refractivity contribution is 0.0974. The van der Waals surface area contributed by atoms with Gasteiger partial charge >= 0.3 is 0 Å². The highest BCUT2D eigenvalue weighted by atomic mass is 16.5. The zero-order valence-corrected chi connectivity index (χ0v) is 10.6. The van der Waals surface area contributed by atoms with Gasteiger partial charge in [0.15, 0.2) is 5.78 Å². The van der Waals surface area contributed by atoms with Gasteiger partial charge in [-0.2, -0.15) is 5.10 Å². The highest BCUT2D eigenvalue weighted by Crippen LogP contribution is 2.13. The van der Waals surface area contributed by atoms with Crippen molar-refractivity contribution in [2.45, 2.75) is 12.8 Å². The molecule has 0 amide bonds. The minimum atomic E-state index is 0.116. The number of ether oxygens (including phenoxy) is 1. The van der Waals surface area contributed by atoms with Crippen LogP contribution < -0.4 is 4.74 Å². The Bertz CT molecular complexity index is 529. The summed E-state index contributed by atoms with van der Waals surface area (Å²) < 4.78 is 6.70. The Morgan fingerprint density at radius 1 is 1.28 bits per heavy atom. The summed E-state index contributed by atoms with van der Waals surface area (Å²) in [5, 5.41) is 3.99. The average molecular weight is 244 g/mol. The molecule has 0 radical (unpaired) electrons. The standard InChI is InChI=1S/C14H16N2O2/c1-16-13(9-10-15-16)14(17)8-5-11-3-6-12(18-2)7-4-11/h3-4,6-7,9-10H,5,8H2,1-2H3. The van der Waals surface area contributed by atoms with Crippen LogP contribution in [-0.4, -0.2) is 22.7 Å². The lowest BCUT2D eigenvalue weighted by Gasteiger charge is -2.03. The zero-order chi connectivity index (χ0) is 13.0. The largest absolute Gasteiger partial charge is 0.497 e. The Balaban J connectivity index is 1.95. The molecule has 4 nitrogen and oxygen atoms in total. The molecule has 0 saturated heterocycles. The molecule has 0 atom stereocenters. The first-order valence-electron chi connectivity index (χ1n) is 5.85. The number of hydrogen-bond donors (Lipinski definition) is 0. The topological polar surface area (TPSA) is 44.1 Å². The van der Waals surface area contributed by atoms with Crippen LogP contribution in [0.2, 0.25) is 0 Å². The third-order valence-corrected chi connectivity index (χ3v) is 2.91. The molecule has 0 aliphatic rings. The van der Waals surface area contributed by atoms with E-state index in [0.717, 1.165) is 17.7 Å². The van der Waals surface area contributed by atoms with E-state index in [2.05, 4.69) is 5.10 Å². The first-order valence-corrected chi connectivity index (χ1v) is 5.85. The summed E-state index contributed by atoms with van der Waals surface area (Å²) in [4.78, 5) is 11.9. The molecule has 2 rings (SSSR count). The number of rotatable bonds is 5. The molecule has 1 aromatic carbocycles. The van der Waals surface area contributed by atoms with E-state index in [1.165, 1.54) is 0 Å². The maximum absolute atomic E-state index is 11.9. The van der Waals surface area contributed by atoms with Crippen molar-refractivity contribution in [1.29, 1.82) is 0 Å². The molecule has 0 N–H and O–H groups in total. The maximum atomic E-state index is 11.9. The molecule has 0 aliphatic carbocycles. The van der Waals surface area contributed by atoms with Crippen molar-refractivity contribution in [1.82, 2.24) is 9.78 Å². The molecule has 0 fully saturated rings. The molecular weight excluding hydrogens is 228 g/mol. The van der Waals surface area contributed by atoms with Crippen LogP contribution in [0.25, 0.3) is 0 Å². The lowest BCUT2D eigenvalue weighted by atomic mass is 10.1. The number of hydrogen-bond acceptors (Lipinski definition) is 3. The van der Waals surface area contributed by atoms with Gasteiger partial charge in [0.1, 0.15) is 11.4 Å². The van der Waals surface area contributed by atoms with E-state index in [1.54, 1.807) is 31.1 Å². The molecule has 94 valence electrons. The van der Waals surface area contributed by atoms with Crippen LogP contribution in [0, 0.1) is 0 Å². The highest BCUT2D eigenvalue weighted by molar-refractivity contribution is 5.94. The van der Waals surface area contributed by atoms with Gasteiger partial charge < -0.3 is 4.74 Å². The van der Waals surface area contributed by atoms with E-state index in [1.807, 2.05) is 24.3 Å². The van der Waals surface area contributed by atoms with Crippen LogP contribution in [0.4, 0.5) is 0 Å². The lowest BCUT2D eigenvalue weighted by Crippen LogP contribution is -2.07. The van der Waals surface area contributed by atoms with Crippen molar-refractivity contribution in [3.63, 3.8) is 0 Å². The van der Waals surface area contributed by atoms with Crippen LogP contribution in [0.5, 0.6) is 5.75 Å². The summed E-state index contributed by atoms with van der Waals surface area (Å²) in [6, 6.07) is 9.52. The van der Waals surface area contributed by atoms with Crippen molar-refractivity contribution in [3.05, 3.63) is 47.8 Å². The molecule has 2 aromatic rings. The van der Waals surface area contributed by atoms with Gasteiger partial charge in [-0.15, -0.1) is 0 Å². The van der Waals surface area contributed by atoms with Crippen LogP contribution in [0.15, 0.2) is 36.5 Å². The summed E-state index contributed by atoms with van der Waals surface area (Å²) in [5.41, 5.74) is 1.79. The van der Waals surface area contributed by atoms with Crippen molar-refractivity contribution in [2.24, 2.45) is 7.05 Å². The number of aromatic nitrogens is 2. The zero-order valence-electron chi connectivity index (χ0n) is 10.6. The summed E-state index contributed by atoms with van der Waals surface area (Å²) in [6.45, 7) is 0. The number of methoxy groups -OCH3 is 1. The SMILES string of the molecule is COc1ccc(CCC(=O)c2ccnn2C)cc1. The number of benzene rings is 1. The average Bonchev–Trinajstić information content (AvgIpc) is 2.83. The van der Waals surface area contributed by atoms with Gasteiger partial charge in [0.2, 0.25) is 0 Å². The van der Waals surface area contributed by atoms with E-state index in [-0.39, 0.29) is 5.78 Å². The van der Waals surface area contributed by atoms with E-state index in [9.17, 15) is 4.79 Å². The highest BCUT2D eigenvalue weighted by Gasteiger charge is 2.09. The second-order valence-electron chi connectivity index (χ2n) is 4.11. The van der Waals surface area contributed by atoms with Crippen molar-refractivity contribution in [2.75, 3.05) is 7.11 Å². The predicted octanol–water partition coefficient (Wildman–Crippen LogP) is 2.24. The maximum Gasteiger partial charge on any atom is 0.181 e. The Morgan fingerprint density at radius 3 is 2.56 bits per heavy atom. The van der Waals surface area contributed by atoms with Crippen LogP contribution >= 0.6 is 0 Å². The van der Waals surface area contributed by atoms with Crippen molar-refractivity contribution < 1.29 is 9.53 Å². The minimum absolute atomic E-state index is 0.116. The molecule has 0 unspecified atom stereocenters. The van der Waals surface area contributed by atoms with Gasteiger partial charge in [0.25, 0.3) is 0 Å². The Labute approximate surface area is 106 Å². The Kier molecular flexibility index (Phi) is 3.77. The Hall–Kier alpha value is -2.10. The molecule has 18 heavy (non-hydrogen) atoms. The summed E-state index contributed by atoms with van der Waals surface area (Å²) in [6.07, 6.45) is 2.86. The molecule has 4 heteroatoms. The molecule has 1 heterocycles. The number of nitrogens with zero attached hydrogens (tertiary/aromatic N) is 2. The quantitative estimate of drug-likeness (QED) is 0.758. The fraction of sp³-hybridized carbons (Fsp3) is 0.286. The fourth-order valence-electron chi connectivity index (χ4n) is 1.83. The van der Waals surface area contributed by atoms with E-state index in [4.69, 9.17) is 4.74 Å². The smallest absolute Gasteiger partial charge is 0.181 e. The molecular formula is C14H16N2O2. The fourth-order valence-corrected chi connectivity index (χ4v) is 1.83. The van der Waals surface area contributed by atoms with Crippen molar-refractivity contribution >= 4 is 5.78 Å². The first kappa shape index (κ1) is 12.4. The van der Waals surface area contributed by atoms with Gasteiger partial charge in [0, 0.05) is 19.7 Å². The number of Topliss-reactive ketones (excluding diaryl/α,β-unsaturated/α-hetero) is 1. The minimum Gasteiger partial charge on any atom is -0.497 e. The van der Waals surface area contributed by atoms with Crippen molar-refractivity contribution in [3.8, 4) is 5.75 Å². The van der Waals surface area contributed by atoms with Gasteiger partial charge in [-0.1, -0.05) is 12.1 Å². The number of aryl methyl sites for hydroxylation is 2. The summed E-state index contributed by atoms with van der Waals surface area (Å²) in [7, 11) is 3.42. The molecule has 0 spiro atoms. The monoisotopic (exact) mass is 244 g/mol. The van der Waals surface area contributed by atoms with Gasteiger partial charge in [-0.3, -0.25) is 9.48 Å². The molecule has 0 saturated carbocycles. The third-order valence-electron chi connectivity index (χ3n) is 2.91. The van der Waals surface area contributed by atoms with E-state index < -0.39 is 0 Å². The number of ketones is 1. The number of carbonyl (C=O) groups is 1. The van der Waals surface area contributed by atoms with Gasteiger partial charge in [-0.05, 0) is 30.2 Å². The second-order valence-corrected chi connectivity index (χ2v) is 4.11. The molecule has 1 aromatic heterocycles. The normalized spacial score (nSPS) is 10.3. The Morgan fingerprint density at radius 2 is 2.00 bits per heavy atom. The van der Waals surface area contributed by atoms with E-state index >= 15 is 0 Å². The third kappa shape index (κ3) is 2.77. The van der Waals surface area contributed by atoms with Gasteiger partial charge in [-0.25, -0.2) is 0 Å². The summed E-state index contributed by atoms with van der Waals surface area (Å²) in [5.74, 6) is 0.947.